The number of hydrogen-bond acceptors (Lipinski definition) is 3. The van der Waals surface area contributed by atoms with Crippen molar-refractivity contribution in [2.24, 2.45) is 0 Å². The van der Waals surface area contributed by atoms with Gasteiger partial charge < -0.3 is 15.2 Å². The molecule has 0 aliphatic heterocycles. The molecule has 1 aromatic rings. The molecule has 0 bridgehead atoms. The van der Waals surface area contributed by atoms with Crippen LogP contribution in [0.2, 0.25) is 0 Å². The van der Waals surface area contributed by atoms with Gasteiger partial charge in [0.1, 0.15) is 0 Å². The maximum absolute atomic E-state index is 9.66. The lowest BCUT2D eigenvalue weighted by Crippen LogP contribution is -2.53. The first-order valence-corrected chi connectivity index (χ1v) is 6.21. The Morgan fingerprint density at radius 3 is 2.82 bits per heavy atom. The van der Waals surface area contributed by atoms with Crippen LogP contribution < -0.4 is 5.32 Å². The highest BCUT2D eigenvalue weighted by Gasteiger charge is 2.32. The molecule has 0 spiro atoms. The van der Waals surface area contributed by atoms with E-state index >= 15 is 0 Å². The van der Waals surface area contributed by atoms with Gasteiger partial charge in [-0.15, -0.1) is 0 Å². The number of aliphatic hydroxyl groups excluding tert-OH is 1. The Labute approximate surface area is 103 Å². The highest BCUT2D eigenvalue weighted by molar-refractivity contribution is 5.32. The molecule has 0 amide bonds. The Balaban J connectivity index is 2.06. The van der Waals surface area contributed by atoms with Crippen molar-refractivity contribution in [3.63, 3.8) is 0 Å². The van der Waals surface area contributed by atoms with E-state index in [4.69, 9.17) is 4.74 Å². The molecule has 0 saturated carbocycles. The Bertz CT molecular complexity index is 367. The third-order valence-electron chi connectivity index (χ3n) is 3.63. The largest absolute Gasteiger partial charge is 0.394 e. The quantitative estimate of drug-likeness (QED) is 0.752. The zero-order valence-corrected chi connectivity index (χ0v) is 10.4. The van der Waals surface area contributed by atoms with Crippen molar-refractivity contribution in [2.45, 2.75) is 24.8 Å². The van der Waals surface area contributed by atoms with Gasteiger partial charge in [-0.2, -0.15) is 0 Å². The first-order valence-electron chi connectivity index (χ1n) is 6.21. The molecular formula is C14H21NO2. The molecule has 0 heterocycles. The van der Waals surface area contributed by atoms with Crippen molar-refractivity contribution >= 4 is 0 Å². The fourth-order valence-electron chi connectivity index (χ4n) is 2.56. The molecule has 1 atom stereocenters. The summed E-state index contributed by atoms with van der Waals surface area (Å²) < 4.78 is 5.05. The number of rotatable bonds is 5. The molecule has 3 nitrogen and oxygen atoms in total. The molecular weight excluding hydrogens is 214 g/mol. The number of ether oxygens (including phenoxy) is 1. The highest BCUT2D eigenvalue weighted by atomic mass is 16.5. The van der Waals surface area contributed by atoms with Crippen LogP contribution in [-0.4, -0.2) is 37.5 Å². The van der Waals surface area contributed by atoms with Crippen LogP contribution in [0.3, 0.4) is 0 Å². The van der Waals surface area contributed by atoms with Gasteiger partial charge in [0, 0.05) is 19.2 Å². The van der Waals surface area contributed by atoms with Crippen LogP contribution in [0.4, 0.5) is 0 Å². The van der Waals surface area contributed by atoms with Gasteiger partial charge in [-0.1, -0.05) is 24.3 Å². The topological polar surface area (TPSA) is 41.5 Å². The number of hydrogen-bond donors (Lipinski definition) is 2. The predicted molar refractivity (Wildman–Crippen MR) is 68.2 cm³/mol. The second kappa shape index (κ2) is 5.63. The molecule has 1 unspecified atom stereocenters. The van der Waals surface area contributed by atoms with Crippen molar-refractivity contribution in [2.75, 3.05) is 26.9 Å². The summed E-state index contributed by atoms with van der Waals surface area (Å²) >= 11 is 0. The monoisotopic (exact) mass is 235 g/mol. The summed E-state index contributed by atoms with van der Waals surface area (Å²) in [7, 11) is 1.70. The van der Waals surface area contributed by atoms with Gasteiger partial charge >= 0.3 is 0 Å². The number of aliphatic hydroxyl groups is 1. The maximum Gasteiger partial charge on any atom is 0.0616 e. The van der Waals surface area contributed by atoms with E-state index in [2.05, 4.69) is 29.6 Å². The molecule has 94 valence electrons. The SMILES string of the molecule is COCCNC1(CO)CCc2ccccc2C1. The van der Waals surface area contributed by atoms with E-state index < -0.39 is 0 Å². The minimum atomic E-state index is -0.160. The van der Waals surface area contributed by atoms with Crippen LogP contribution in [0.5, 0.6) is 0 Å². The second-order valence-electron chi connectivity index (χ2n) is 4.80. The standard InChI is InChI=1S/C14H21NO2/c1-17-9-8-15-14(11-16)7-6-12-4-2-3-5-13(12)10-14/h2-5,15-16H,6-11H2,1H3. The van der Waals surface area contributed by atoms with Crippen LogP contribution in [0, 0.1) is 0 Å². The van der Waals surface area contributed by atoms with Crippen LogP contribution >= 0.6 is 0 Å². The van der Waals surface area contributed by atoms with E-state index in [1.165, 1.54) is 11.1 Å². The van der Waals surface area contributed by atoms with Gasteiger partial charge in [0.15, 0.2) is 0 Å². The molecule has 2 N–H and O–H groups in total. The smallest absolute Gasteiger partial charge is 0.0616 e. The lowest BCUT2D eigenvalue weighted by Gasteiger charge is -2.37. The Kier molecular flexibility index (Phi) is 4.15. The molecule has 0 aromatic heterocycles. The van der Waals surface area contributed by atoms with E-state index in [0.29, 0.717) is 6.61 Å². The van der Waals surface area contributed by atoms with Gasteiger partial charge in [-0.05, 0) is 30.4 Å². The van der Waals surface area contributed by atoms with Crippen molar-refractivity contribution in [3.8, 4) is 0 Å². The van der Waals surface area contributed by atoms with E-state index in [0.717, 1.165) is 25.8 Å². The molecule has 3 heteroatoms. The van der Waals surface area contributed by atoms with Crippen molar-refractivity contribution in [1.29, 1.82) is 0 Å². The Hall–Kier alpha value is -0.900. The fraction of sp³-hybridized carbons (Fsp3) is 0.571. The van der Waals surface area contributed by atoms with Gasteiger partial charge in [0.05, 0.1) is 13.2 Å². The maximum atomic E-state index is 9.66. The predicted octanol–water partition coefficient (Wildman–Crippen LogP) is 1.14. The number of nitrogens with one attached hydrogen (secondary N) is 1. The molecule has 17 heavy (non-hydrogen) atoms. The van der Waals surface area contributed by atoms with Crippen LogP contribution in [0.1, 0.15) is 17.5 Å². The molecule has 1 aliphatic carbocycles. The summed E-state index contributed by atoms with van der Waals surface area (Å²) in [6.45, 7) is 1.66. The number of methoxy groups -OCH3 is 1. The summed E-state index contributed by atoms with van der Waals surface area (Å²) in [4.78, 5) is 0. The lowest BCUT2D eigenvalue weighted by atomic mass is 9.78. The van der Waals surface area contributed by atoms with Gasteiger partial charge in [-0.25, -0.2) is 0 Å². The summed E-state index contributed by atoms with van der Waals surface area (Å²) in [5.41, 5.74) is 2.62. The summed E-state index contributed by atoms with van der Waals surface area (Å²) in [5, 5.41) is 13.1. The third kappa shape index (κ3) is 2.86. The average molecular weight is 235 g/mol. The van der Waals surface area contributed by atoms with E-state index in [1.807, 2.05) is 0 Å². The van der Waals surface area contributed by atoms with Crippen LogP contribution in [-0.2, 0) is 17.6 Å². The molecule has 0 radical (unpaired) electrons. The zero-order valence-electron chi connectivity index (χ0n) is 10.4. The average Bonchev–Trinajstić information content (AvgIpc) is 2.39. The first-order chi connectivity index (χ1) is 8.29. The van der Waals surface area contributed by atoms with E-state index in [-0.39, 0.29) is 12.1 Å². The van der Waals surface area contributed by atoms with Crippen LogP contribution in [0.15, 0.2) is 24.3 Å². The van der Waals surface area contributed by atoms with E-state index in [9.17, 15) is 5.11 Å². The Morgan fingerprint density at radius 1 is 1.35 bits per heavy atom. The normalized spacial score (nSPS) is 23.4. The molecule has 1 aliphatic rings. The third-order valence-corrected chi connectivity index (χ3v) is 3.63. The minimum absolute atomic E-state index is 0.160. The van der Waals surface area contributed by atoms with Crippen LogP contribution in [0.25, 0.3) is 0 Å². The number of aryl methyl sites for hydroxylation is 1. The highest BCUT2D eigenvalue weighted by Crippen LogP contribution is 2.28. The van der Waals surface area contributed by atoms with Crippen molar-refractivity contribution in [3.05, 3.63) is 35.4 Å². The summed E-state index contributed by atoms with van der Waals surface area (Å²) in [6.07, 6.45) is 2.93. The molecule has 0 fully saturated rings. The van der Waals surface area contributed by atoms with Gasteiger partial charge in [0.2, 0.25) is 0 Å². The van der Waals surface area contributed by atoms with Crippen molar-refractivity contribution < 1.29 is 9.84 Å². The number of benzene rings is 1. The van der Waals surface area contributed by atoms with Gasteiger partial charge in [-0.3, -0.25) is 0 Å². The summed E-state index contributed by atoms with van der Waals surface area (Å²) in [5.74, 6) is 0. The van der Waals surface area contributed by atoms with E-state index in [1.54, 1.807) is 7.11 Å². The first kappa shape index (κ1) is 12.6. The minimum Gasteiger partial charge on any atom is -0.394 e. The number of fused-ring (bicyclic) bond motifs is 1. The summed E-state index contributed by atoms with van der Waals surface area (Å²) in [6, 6.07) is 8.51. The fourth-order valence-corrected chi connectivity index (χ4v) is 2.56. The molecule has 1 aromatic carbocycles. The zero-order chi connectivity index (χ0) is 12.1. The lowest BCUT2D eigenvalue weighted by molar-refractivity contribution is 0.126. The molecule has 2 rings (SSSR count). The van der Waals surface area contributed by atoms with Crippen molar-refractivity contribution in [1.82, 2.24) is 5.32 Å². The second-order valence-corrected chi connectivity index (χ2v) is 4.80. The Morgan fingerprint density at radius 2 is 2.12 bits per heavy atom. The molecule has 0 saturated heterocycles. The van der Waals surface area contributed by atoms with Gasteiger partial charge in [0.25, 0.3) is 0 Å².